The van der Waals surface area contributed by atoms with Crippen molar-refractivity contribution in [1.82, 2.24) is 20.1 Å². The normalized spacial score (nSPS) is 11.1. The molecule has 3 rings (SSSR count). The lowest BCUT2D eigenvalue weighted by molar-refractivity contribution is -0.143. The van der Waals surface area contributed by atoms with Gasteiger partial charge < -0.3 is 16.0 Å². The van der Waals surface area contributed by atoms with Gasteiger partial charge in [-0.05, 0) is 17.9 Å². The number of hydrogen-bond donors (Lipinski definition) is 3. The summed E-state index contributed by atoms with van der Waals surface area (Å²) in [7, 11) is 0. The van der Waals surface area contributed by atoms with Gasteiger partial charge in [-0.1, -0.05) is 43.0 Å². The molecular formula is C21H21N7O2. The van der Waals surface area contributed by atoms with Crippen molar-refractivity contribution in [2.45, 2.75) is 6.54 Å². The number of aromatic amines is 1. The minimum atomic E-state index is -0.816. The molecule has 3 aromatic rings. The van der Waals surface area contributed by atoms with Crippen molar-refractivity contribution in [3.05, 3.63) is 72.7 Å². The van der Waals surface area contributed by atoms with Gasteiger partial charge in [-0.3, -0.25) is 19.7 Å². The van der Waals surface area contributed by atoms with Crippen LogP contribution in [0.5, 0.6) is 0 Å². The molecular weight excluding hydrogens is 382 g/mol. The van der Waals surface area contributed by atoms with E-state index in [2.05, 4.69) is 38.8 Å². The van der Waals surface area contributed by atoms with E-state index in [4.69, 9.17) is 5.73 Å². The van der Waals surface area contributed by atoms with Crippen LogP contribution >= 0.6 is 0 Å². The van der Waals surface area contributed by atoms with Crippen molar-refractivity contribution >= 4 is 40.9 Å². The highest BCUT2D eigenvalue weighted by Crippen LogP contribution is 2.24. The van der Waals surface area contributed by atoms with Gasteiger partial charge in [0.25, 0.3) is 0 Å². The minimum absolute atomic E-state index is 0.142. The molecule has 9 heteroatoms. The predicted molar refractivity (Wildman–Crippen MR) is 117 cm³/mol. The van der Waals surface area contributed by atoms with Gasteiger partial charge in [0.15, 0.2) is 0 Å². The van der Waals surface area contributed by atoms with Crippen LogP contribution in [0.4, 0.5) is 11.5 Å². The summed E-state index contributed by atoms with van der Waals surface area (Å²) in [6.45, 7) is 7.52. The molecule has 9 nitrogen and oxygen atoms in total. The summed E-state index contributed by atoms with van der Waals surface area (Å²) in [5.74, 6) is -1.27. The maximum Gasteiger partial charge on any atom is 0.314 e. The molecule has 152 valence electrons. The lowest BCUT2D eigenvalue weighted by Gasteiger charge is -2.22. The number of hydrogen-bond acceptors (Lipinski definition) is 6. The molecule has 0 radical (unpaired) electrons. The zero-order valence-electron chi connectivity index (χ0n) is 16.2. The van der Waals surface area contributed by atoms with Gasteiger partial charge in [-0.2, -0.15) is 5.10 Å². The third kappa shape index (κ3) is 4.58. The van der Waals surface area contributed by atoms with Gasteiger partial charge in [0, 0.05) is 19.3 Å². The number of aromatic nitrogens is 3. The van der Waals surface area contributed by atoms with E-state index in [1.165, 1.54) is 23.5 Å². The fraction of sp³-hybridized carbons (Fsp3) is 0.0952. The predicted octanol–water partition coefficient (Wildman–Crippen LogP) is 2.28. The number of nitrogen functional groups attached to an aromatic ring is 1. The first-order valence-corrected chi connectivity index (χ1v) is 9.02. The number of pyridine rings is 1. The number of carbonyl (C=O) groups is 2. The number of carbonyl (C=O) groups excluding carboxylic acids is 2. The molecule has 0 aliphatic rings. The summed E-state index contributed by atoms with van der Waals surface area (Å²) < 4.78 is 0. The zero-order valence-corrected chi connectivity index (χ0v) is 16.2. The quantitative estimate of drug-likeness (QED) is 0.317. The Kier molecular flexibility index (Phi) is 6.33. The number of nitrogens with one attached hydrogen (secondary N) is 2. The van der Waals surface area contributed by atoms with Crippen LogP contribution in [0.2, 0.25) is 0 Å². The summed E-state index contributed by atoms with van der Waals surface area (Å²) >= 11 is 0. The second-order valence-corrected chi connectivity index (χ2v) is 6.41. The summed E-state index contributed by atoms with van der Waals surface area (Å²) in [6, 6.07) is 9.35. The fourth-order valence-corrected chi connectivity index (χ4v) is 2.87. The number of fused-ring (bicyclic) bond motifs is 1. The Morgan fingerprint density at radius 3 is 2.73 bits per heavy atom. The van der Waals surface area contributed by atoms with Gasteiger partial charge in [0.1, 0.15) is 5.82 Å². The molecule has 0 bridgehead atoms. The number of amides is 2. The topological polar surface area (TPSA) is 129 Å². The number of rotatable bonds is 7. The molecule has 0 atom stereocenters. The van der Waals surface area contributed by atoms with Crippen LogP contribution in [0, 0.1) is 0 Å². The number of anilines is 2. The summed E-state index contributed by atoms with van der Waals surface area (Å²) in [6.07, 6.45) is 5.93. The van der Waals surface area contributed by atoms with E-state index in [0.29, 0.717) is 22.2 Å². The highest BCUT2D eigenvalue weighted by atomic mass is 16.2. The third-order valence-electron chi connectivity index (χ3n) is 4.36. The van der Waals surface area contributed by atoms with Crippen LogP contribution in [0.1, 0.15) is 5.56 Å². The van der Waals surface area contributed by atoms with Crippen molar-refractivity contribution in [2.75, 3.05) is 17.6 Å². The van der Waals surface area contributed by atoms with Crippen LogP contribution < -0.4 is 11.1 Å². The van der Waals surface area contributed by atoms with Crippen molar-refractivity contribution in [3.8, 4) is 0 Å². The Bertz CT molecular complexity index is 1120. The van der Waals surface area contributed by atoms with E-state index in [1.54, 1.807) is 6.08 Å². The van der Waals surface area contributed by atoms with E-state index in [0.717, 1.165) is 5.56 Å². The van der Waals surface area contributed by atoms with E-state index < -0.39 is 11.8 Å². The van der Waals surface area contributed by atoms with E-state index in [1.807, 2.05) is 30.3 Å². The van der Waals surface area contributed by atoms with Crippen LogP contribution in [0.3, 0.4) is 0 Å². The molecule has 0 fully saturated rings. The molecule has 4 N–H and O–H groups in total. The average Bonchev–Trinajstić information content (AvgIpc) is 3.26. The summed E-state index contributed by atoms with van der Waals surface area (Å²) in [5, 5.41) is 9.80. The Morgan fingerprint density at radius 2 is 2.03 bits per heavy atom. The highest BCUT2D eigenvalue weighted by Gasteiger charge is 2.24. The summed E-state index contributed by atoms with van der Waals surface area (Å²) in [5.41, 5.74) is 8.12. The van der Waals surface area contributed by atoms with Gasteiger partial charge in [-0.25, -0.2) is 4.98 Å². The Labute approximate surface area is 173 Å². The Balaban J connectivity index is 1.84. The highest BCUT2D eigenvalue weighted by molar-refractivity contribution is 6.40. The molecule has 2 amide bonds. The number of H-pyrrole nitrogens is 1. The first kappa shape index (κ1) is 20.5. The third-order valence-corrected chi connectivity index (χ3v) is 4.36. The van der Waals surface area contributed by atoms with Crippen molar-refractivity contribution < 1.29 is 9.59 Å². The fourth-order valence-electron chi connectivity index (χ4n) is 2.87. The molecule has 0 saturated carbocycles. The molecule has 2 heterocycles. The monoisotopic (exact) mass is 403 g/mol. The Morgan fingerprint density at radius 1 is 1.27 bits per heavy atom. The zero-order chi connectivity index (χ0) is 21.5. The first-order chi connectivity index (χ1) is 14.5. The molecule has 0 saturated heterocycles. The number of aliphatic imine (C=N–C) groups is 1. The molecule has 0 aliphatic heterocycles. The standard InChI is InChI=1S/C21H21N7O2/c1-3-14(9-23-2)12-28(13-15-7-5-4-6-8-15)21(30)20(29)26-17-11-24-19(22)16-10-25-27-18(16)17/h3-11H,1-2,12-13H2,(H2,22,24)(H,25,27)(H,26,29)/b14-9+. The maximum absolute atomic E-state index is 13.0. The molecule has 0 spiro atoms. The van der Waals surface area contributed by atoms with Gasteiger partial charge in [0.2, 0.25) is 0 Å². The SMILES string of the molecule is C=C/C(=C\N=C)CN(Cc1ccccc1)C(=O)C(=O)Nc1cnc(N)c2cn[nH]c12. The van der Waals surface area contributed by atoms with Crippen LogP contribution in [-0.4, -0.2) is 45.2 Å². The van der Waals surface area contributed by atoms with Gasteiger partial charge in [-0.15, -0.1) is 0 Å². The van der Waals surface area contributed by atoms with Crippen molar-refractivity contribution in [1.29, 1.82) is 0 Å². The van der Waals surface area contributed by atoms with Crippen LogP contribution in [0.15, 0.2) is 72.1 Å². The molecule has 2 aromatic heterocycles. The van der Waals surface area contributed by atoms with E-state index in [9.17, 15) is 9.59 Å². The first-order valence-electron chi connectivity index (χ1n) is 9.02. The number of nitrogens with two attached hydrogens (primary N) is 1. The molecule has 30 heavy (non-hydrogen) atoms. The van der Waals surface area contributed by atoms with E-state index in [-0.39, 0.29) is 18.9 Å². The second kappa shape index (κ2) is 9.28. The maximum atomic E-state index is 13.0. The number of benzene rings is 1. The molecule has 0 aliphatic carbocycles. The Hall–Kier alpha value is -4.27. The lowest BCUT2D eigenvalue weighted by Crippen LogP contribution is -2.40. The van der Waals surface area contributed by atoms with Crippen molar-refractivity contribution in [3.63, 3.8) is 0 Å². The minimum Gasteiger partial charge on any atom is -0.383 e. The smallest absolute Gasteiger partial charge is 0.314 e. The van der Waals surface area contributed by atoms with Crippen LogP contribution in [-0.2, 0) is 16.1 Å². The van der Waals surface area contributed by atoms with E-state index >= 15 is 0 Å². The average molecular weight is 403 g/mol. The number of nitrogens with zero attached hydrogens (tertiary/aromatic N) is 4. The second-order valence-electron chi connectivity index (χ2n) is 6.41. The van der Waals surface area contributed by atoms with Gasteiger partial charge in [0.05, 0.1) is 29.0 Å². The van der Waals surface area contributed by atoms with Crippen LogP contribution in [0.25, 0.3) is 10.9 Å². The van der Waals surface area contributed by atoms with Crippen molar-refractivity contribution in [2.24, 2.45) is 4.99 Å². The van der Waals surface area contributed by atoms with Gasteiger partial charge >= 0.3 is 11.8 Å². The largest absolute Gasteiger partial charge is 0.383 e. The lowest BCUT2D eigenvalue weighted by atomic mass is 10.2. The molecule has 1 aromatic carbocycles. The summed E-state index contributed by atoms with van der Waals surface area (Å²) in [4.78, 5) is 34.9. The molecule has 0 unspecified atom stereocenters.